The molecule has 1 N–H and O–H groups in total. The van der Waals surface area contributed by atoms with Crippen LogP contribution in [0.25, 0.3) is 0 Å². The molecular formula is C10H6BrNO4. The first kappa shape index (κ1) is 12.2. The summed E-state index contributed by atoms with van der Waals surface area (Å²) in [6, 6.07) is 4.22. The minimum absolute atomic E-state index is 0.0129. The van der Waals surface area contributed by atoms with Gasteiger partial charge in [0.1, 0.15) is 0 Å². The average molecular weight is 284 g/mol. The van der Waals surface area contributed by atoms with Gasteiger partial charge in [0.15, 0.2) is 0 Å². The van der Waals surface area contributed by atoms with E-state index in [1.165, 1.54) is 19.2 Å². The van der Waals surface area contributed by atoms with Gasteiger partial charge >= 0.3 is 11.9 Å². The van der Waals surface area contributed by atoms with Crippen LogP contribution in [-0.2, 0) is 4.74 Å². The molecule has 0 heterocycles. The molecule has 1 rings (SSSR count). The molecule has 0 bridgehead atoms. The molecule has 0 amide bonds. The first-order valence-electron chi connectivity index (χ1n) is 4.06. The number of nitriles is 1. The van der Waals surface area contributed by atoms with Gasteiger partial charge in [-0.2, -0.15) is 5.26 Å². The second kappa shape index (κ2) is 4.77. The molecule has 0 aliphatic carbocycles. The van der Waals surface area contributed by atoms with Gasteiger partial charge in [-0.15, -0.1) is 0 Å². The zero-order valence-corrected chi connectivity index (χ0v) is 9.74. The fourth-order valence-electron chi connectivity index (χ4n) is 1.10. The Morgan fingerprint density at radius 1 is 1.44 bits per heavy atom. The summed E-state index contributed by atoms with van der Waals surface area (Å²) in [5.41, 5.74) is -0.0561. The number of nitrogens with zero attached hydrogens (tertiary/aromatic N) is 1. The SMILES string of the molecule is COC(=O)c1cc(C#N)cc(C(=O)O)c1Br. The lowest BCUT2D eigenvalue weighted by molar-refractivity contribution is 0.0599. The summed E-state index contributed by atoms with van der Waals surface area (Å²) >= 11 is 3.00. The molecule has 1 aromatic rings. The van der Waals surface area contributed by atoms with E-state index in [0.717, 1.165) is 0 Å². The Bertz CT molecular complexity index is 504. The third kappa shape index (κ3) is 2.20. The monoisotopic (exact) mass is 283 g/mol. The lowest BCUT2D eigenvalue weighted by atomic mass is 10.1. The van der Waals surface area contributed by atoms with E-state index in [1.807, 2.05) is 0 Å². The van der Waals surface area contributed by atoms with Crippen LogP contribution in [0.1, 0.15) is 26.3 Å². The zero-order chi connectivity index (χ0) is 12.3. The van der Waals surface area contributed by atoms with Crippen LogP contribution in [-0.4, -0.2) is 24.2 Å². The maximum Gasteiger partial charge on any atom is 0.339 e. The summed E-state index contributed by atoms with van der Waals surface area (Å²) in [7, 11) is 1.17. The zero-order valence-electron chi connectivity index (χ0n) is 8.15. The summed E-state index contributed by atoms with van der Waals surface area (Å²) < 4.78 is 4.58. The number of ether oxygens (including phenoxy) is 1. The Labute approximate surface area is 99.4 Å². The standard InChI is InChI=1S/C10H6BrNO4/c1-16-10(15)7-3-5(4-12)2-6(8(7)11)9(13)14/h2-3H,1H3,(H,13,14). The van der Waals surface area contributed by atoms with Crippen LogP contribution < -0.4 is 0 Å². The molecule has 0 spiro atoms. The van der Waals surface area contributed by atoms with Crippen LogP contribution in [0, 0.1) is 11.3 Å². The predicted octanol–water partition coefficient (Wildman–Crippen LogP) is 1.81. The number of carbonyl (C=O) groups is 2. The Hall–Kier alpha value is -1.87. The van der Waals surface area contributed by atoms with Crippen molar-refractivity contribution in [3.8, 4) is 6.07 Å². The summed E-state index contributed by atoms with van der Waals surface area (Å²) in [6.45, 7) is 0. The van der Waals surface area contributed by atoms with Crippen molar-refractivity contribution in [3.05, 3.63) is 33.3 Å². The van der Waals surface area contributed by atoms with Gasteiger partial charge in [0, 0.05) is 4.47 Å². The number of aromatic carboxylic acids is 1. The Morgan fingerprint density at radius 3 is 2.44 bits per heavy atom. The van der Waals surface area contributed by atoms with E-state index < -0.39 is 11.9 Å². The molecule has 0 saturated heterocycles. The molecule has 0 atom stereocenters. The van der Waals surface area contributed by atoms with E-state index >= 15 is 0 Å². The molecule has 82 valence electrons. The third-order valence-corrected chi connectivity index (χ3v) is 2.69. The Morgan fingerprint density at radius 2 is 2.00 bits per heavy atom. The summed E-state index contributed by atoms with van der Waals surface area (Å²) in [6.07, 6.45) is 0. The Balaban J connectivity index is 3.50. The molecule has 0 fully saturated rings. The normalized spacial score (nSPS) is 9.31. The van der Waals surface area contributed by atoms with Crippen molar-refractivity contribution in [2.24, 2.45) is 0 Å². The molecule has 0 radical (unpaired) electrons. The predicted molar refractivity (Wildman–Crippen MR) is 57.2 cm³/mol. The fourth-order valence-corrected chi connectivity index (χ4v) is 1.66. The van der Waals surface area contributed by atoms with Crippen molar-refractivity contribution in [1.29, 1.82) is 5.26 Å². The van der Waals surface area contributed by atoms with E-state index in [2.05, 4.69) is 20.7 Å². The number of halogens is 1. The topological polar surface area (TPSA) is 87.4 Å². The molecule has 5 nitrogen and oxygen atoms in total. The van der Waals surface area contributed by atoms with Crippen molar-refractivity contribution in [3.63, 3.8) is 0 Å². The first-order chi connectivity index (χ1) is 7.51. The second-order valence-corrected chi connectivity index (χ2v) is 3.59. The fraction of sp³-hybridized carbons (Fsp3) is 0.100. The number of benzene rings is 1. The first-order valence-corrected chi connectivity index (χ1v) is 4.85. The number of esters is 1. The highest BCUT2D eigenvalue weighted by Gasteiger charge is 2.19. The maximum absolute atomic E-state index is 11.3. The highest BCUT2D eigenvalue weighted by Crippen LogP contribution is 2.24. The summed E-state index contributed by atoms with van der Waals surface area (Å²) in [5.74, 6) is -1.93. The van der Waals surface area contributed by atoms with Crippen molar-refractivity contribution in [2.45, 2.75) is 0 Å². The van der Waals surface area contributed by atoms with Crippen molar-refractivity contribution in [2.75, 3.05) is 7.11 Å². The van der Waals surface area contributed by atoms with Gasteiger partial charge in [0.05, 0.1) is 29.9 Å². The molecule has 0 aliphatic rings. The molecule has 0 saturated carbocycles. The van der Waals surface area contributed by atoms with Gasteiger partial charge in [-0.05, 0) is 28.1 Å². The molecule has 16 heavy (non-hydrogen) atoms. The Kier molecular flexibility index (Phi) is 3.64. The molecule has 0 aliphatic heterocycles. The number of carboxylic acid groups (broad SMARTS) is 1. The number of hydrogen-bond donors (Lipinski definition) is 1. The highest BCUT2D eigenvalue weighted by atomic mass is 79.9. The number of methoxy groups -OCH3 is 1. The largest absolute Gasteiger partial charge is 0.478 e. The summed E-state index contributed by atoms with van der Waals surface area (Å²) in [4.78, 5) is 22.2. The smallest absolute Gasteiger partial charge is 0.339 e. The number of carbonyl (C=O) groups excluding carboxylic acids is 1. The van der Waals surface area contributed by atoms with Gasteiger partial charge in [-0.25, -0.2) is 9.59 Å². The van der Waals surface area contributed by atoms with Crippen LogP contribution in [0.2, 0.25) is 0 Å². The lowest BCUT2D eigenvalue weighted by Gasteiger charge is -2.06. The van der Waals surface area contributed by atoms with Gasteiger partial charge in [0.25, 0.3) is 0 Å². The van der Waals surface area contributed by atoms with Crippen LogP contribution in [0.5, 0.6) is 0 Å². The van der Waals surface area contributed by atoms with Crippen molar-refractivity contribution >= 4 is 27.9 Å². The molecule has 0 unspecified atom stereocenters. The van der Waals surface area contributed by atoms with Crippen LogP contribution in [0.15, 0.2) is 16.6 Å². The van der Waals surface area contributed by atoms with Gasteiger partial charge in [-0.3, -0.25) is 0 Å². The lowest BCUT2D eigenvalue weighted by Crippen LogP contribution is -2.08. The van der Waals surface area contributed by atoms with Gasteiger partial charge in [-0.1, -0.05) is 0 Å². The van der Waals surface area contributed by atoms with E-state index in [1.54, 1.807) is 6.07 Å². The highest BCUT2D eigenvalue weighted by molar-refractivity contribution is 9.10. The van der Waals surface area contributed by atoms with Crippen LogP contribution in [0.4, 0.5) is 0 Å². The molecular weight excluding hydrogens is 278 g/mol. The molecule has 0 aromatic heterocycles. The number of carboxylic acids is 1. The van der Waals surface area contributed by atoms with Gasteiger partial charge < -0.3 is 9.84 Å². The van der Waals surface area contributed by atoms with E-state index in [0.29, 0.717) is 0 Å². The summed E-state index contributed by atoms with van der Waals surface area (Å²) in [5, 5.41) is 17.6. The third-order valence-electron chi connectivity index (χ3n) is 1.84. The van der Waals surface area contributed by atoms with Crippen molar-refractivity contribution < 1.29 is 19.4 Å². The number of hydrogen-bond acceptors (Lipinski definition) is 4. The second-order valence-electron chi connectivity index (χ2n) is 2.79. The minimum atomic E-state index is -1.23. The van der Waals surface area contributed by atoms with E-state index in [-0.39, 0.29) is 21.2 Å². The molecule has 6 heteroatoms. The minimum Gasteiger partial charge on any atom is -0.478 e. The van der Waals surface area contributed by atoms with Gasteiger partial charge in [0.2, 0.25) is 0 Å². The average Bonchev–Trinajstić information content (AvgIpc) is 2.28. The van der Waals surface area contributed by atoms with E-state index in [4.69, 9.17) is 10.4 Å². The van der Waals surface area contributed by atoms with Crippen molar-refractivity contribution in [1.82, 2.24) is 0 Å². The van der Waals surface area contributed by atoms with Crippen LogP contribution in [0.3, 0.4) is 0 Å². The molecule has 1 aromatic carbocycles. The quantitative estimate of drug-likeness (QED) is 0.837. The van der Waals surface area contributed by atoms with Crippen LogP contribution >= 0.6 is 15.9 Å². The van der Waals surface area contributed by atoms with E-state index in [9.17, 15) is 9.59 Å². The number of rotatable bonds is 2. The maximum atomic E-state index is 11.3.